The van der Waals surface area contributed by atoms with E-state index in [9.17, 15) is 14.4 Å². The van der Waals surface area contributed by atoms with Gasteiger partial charge in [-0.05, 0) is 61.7 Å². The first kappa shape index (κ1) is 24.6. The summed E-state index contributed by atoms with van der Waals surface area (Å²) in [7, 11) is 1.79. The number of carbonyl (C=O) groups is 1. The molecular weight excluding hydrogens is 488 g/mol. The number of aryl methyl sites for hydroxylation is 4. The van der Waals surface area contributed by atoms with Crippen molar-refractivity contribution in [2.24, 2.45) is 7.05 Å². The molecule has 0 aliphatic carbocycles. The molecule has 0 aliphatic rings. The number of hydrogen-bond donors (Lipinski definition) is 1. The lowest BCUT2D eigenvalue weighted by Crippen LogP contribution is -2.41. The van der Waals surface area contributed by atoms with Gasteiger partial charge in [0.25, 0.3) is 5.56 Å². The third kappa shape index (κ3) is 4.15. The summed E-state index contributed by atoms with van der Waals surface area (Å²) in [4.78, 5) is 41.1. The topological polar surface area (TPSA) is 78.0 Å². The van der Waals surface area contributed by atoms with E-state index in [-0.39, 0.29) is 12.5 Å². The highest BCUT2D eigenvalue weighted by Gasteiger charge is 2.23. The summed E-state index contributed by atoms with van der Waals surface area (Å²) >= 11 is 6.19. The lowest BCUT2D eigenvalue weighted by atomic mass is 10.1. The molecule has 1 N–H and O–H groups in total. The van der Waals surface area contributed by atoms with Gasteiger partial charge in [-0.25, -0.2) is 9.36 Å². The van der Waals surface area contributed by atoms with Crippen LogP contribution in [0.1, 0.15) is 23.6 Å². The van der Waals surface area contributed by atoms with Crippen molar-refractivity contribution in [1.82, 2.24) is 13.7 Å². The van der Waals surface area contributed by atoms with Crippen LogP contribution in [0.3, 0.4) is 0 Å². The molecule has 2 heterocycles. The molecular formula is C29H27ClN4O3. The molecule has 1 amide bonds. The number of para-hydroxylation sites is 1. The van der Waals surface area contributed by atoms with Crippen molar-refractivity contribution >= 4 is 45.1 Å². The van der Waals surface area contributed by atoms with E-state index >= 15 is 0 Å². The zero-order chi connectivity index (χ0) is 26.4. The number of nitrogens with one attached hydrogen (secondary N) is 1. The molecule has 2 aromatic heterocycles. The maximum absolute atomic E-state index is 13.9. The van der Waals surface area contributed by atoms with Crippen LogP contribution in [0, 0.1) is 13.8 Å². The number of nitrogens with zero attached hydrogens (tertiary/aromatic N) is 3. The highest BCUT2D eigenvalue weighted by Crippen LogP contribution is 2.27. The SMILES string of the molecule is CCc1cccc(C)c1NC(=O)Cn1c(=O)n(-c2cccc(Cl)c2)c(=O)c2c1c1cc(C)ccc1n2C. The zero-order valence-electron chi connectivity index (χ0n) is 21.1. The molecule has 0 saturated carbocycles. The second-order valence-corrected chi connectivity index (χ2v) is 9.71. The molecule has 0 saturated heterocycles. The molecule has 0 aliphatic heterocycles. The van der Waals surface area contributed by atoms with Gasteiger partial charge in [0.2, 0.25) is 5.91 Å². The van der Waals surface area contributed by atoms with E-state index in [0.29, 0.717) is 21.7 Å². The lowest BCUT2D eigenvalue weighted by molar-refractivity contribution is -0.116. The van der Waals surface area contributed by atoms with Crippen molar-refractivity contribution in [3.05, 3.63) is 103 Å². The van der Waals surface area contributed by atoms with Crippen molar-refractivity contribution in [3.8, 4) is 5.69 Å². The molecule has 5 rings (SSSR count). The standard InChI is InChI=1S/C29H27ClN4O3/c1-5-19-9-6-8-18(3)25(19)31-24(35)16-33-26-22-14-17(2)12-13-23(22)32(4)27(26)28(36)34(29(33)37)21-11-7-10-20(30)15-21/h6-15H,5,16H2,1-4H3,(H,31,35). The monoisotopic (exact) mass is 514 g/mol. The minimum Gasteiger partial charge on any atom is -0.338 e. The van der Waals surface area contributed by atoms with Gasteiger partial charge in [-0.2, -0.15) is 0 Å². The van der Waals surface area contributed by atoms with Crippen LogP contribution in [0.2, 0.25) is 5.02 Å². The number of hydrogen-bond acceptors (Lipinski definition) is 3. The zero-order valence-corrected chi connectivity index (χ0v) is 21.9. The van der Waals surface area contributed by atoms with Crippen LogP contribution >= 0.6 is 11.6 Å². The second-order valence-electron chi connectivity index (χ2n) is 9.28. The summed E-state index contributed by atoms with van der Waals surface area (Å²) in [5.41, 5.74) is 4.50. The fraction of sp³-hybridized carbons (Fsp3) is 0.207. The second kappa shape index (κ2) is 9.41. The van der Waals surface area contributed by atoms with Gasteiger partial charge in [-0.15, -0.1) is 0 Å². The van der Waals surface area contributed by atoms with Crippen molar-refractivity contribution in [2.75, 3.05) is 5.32 Å². The van der Waals surface area contributed by atoms with E-state index in [1.54, 1.807) is 35.9 Å². The minimum atomic E-state index is -0.607. The van der Waals surface area contributed by atoms with Gasteiger partial charge < -0.3 is 9.88 Å². The summed E-state index contributed by atoms with van der Waals surface area (Å²) in [5.74, 6) is -0.353. The van der Waals surface area contributed by atoms with Gasteiger partial charge in [0.05, 0.1) is 16.7 Å². The maximum Gasteiger partial charge on any atom is 0.336 e. The van der Waals surface area contributed by atoms with Crippen molar-refractivity contribution in [3.63, 3.8) is 0 Å². The smallest absolute Gasteiger partial charge is 0.336 e. The third-order valence-electron chi connectivity index (χ3n) is 6.80. The molecule has 3 aromatic carbocycles. The van der Waals surface area contributed by atoms with Crippen LogP contribution in [-0.4, -0.2) is 19.6 Å². The Morgan fingerprint density at radius 3 is 2.46 bits per heavy atom. The lowest BCUT2D eigenvalue weighted by Gasteiger charge is -2.16. The maximum atomic E-state index is 13.9. The first-order chi connectivity index (χ1) is 17.7. The Bertz CT molecular complexity index is 1830. The van der Waals surface area contributed by atoms with Crippen LogP contribution in [0.25, 0.3) is 27.6 Å². The fourth-order valence-corrected chi connectivity index (χ4v) is 5.16. The van der Waals surface area contributed by atoms with Gasteiger partial charge in [-0.3, -0.25) is 14.2 Å². The van der Waals surface area contributed by atoms with Crippen LogP contribution in [0.5, 0.6) is 0 Å². The highest BCUT2D eigenvalue weighted by atomic mass is 35.5. The fourth-order valence-electron chi connectivity index (χ4n) is 4.98. The number of carbonyl (C=O) groups excluding carboxylic acids is 1. The number of benzene rings is 3. The molecule has 0 spiro atoms. The summed E-state index contributed by atoms with van der Waals surface area (Å²) in [6.45, 7) is 5.65. The van der Waals surface area contributed by atoms with Crippen LogP contribution < -0.4 is 16.6 Å². The number of rotatable bonds is 5. The first-order valence-electron chi connectivity index (χ1n) is 12.1. The predicted octanol–water partition coefficient (Wildman–Crippen LogP) is 5.12. The molecule has 0 atom stereocenters. The van der Waals surface area contributed by atoms with E-state index in [0.717, 1.165) is 44.3 Å². The van der Waals surface area contributed by atoms with E-state index in [4.69, 9.17) is 11.6 Å². The molecule has 7 nitrogen and oxygen atoms in total. The Kier molecular flexibility index (Phi) is 6.25. The van der Waals surface area contributed by atoms with Crippen molar-refractivity contribution < 1.29 is 4.79 Å². The molecule has 37 heavy (non-hydrogen) atoms. The van der Waals surface area contributed by atoms with Gasteiger partial charge >= 0.3 is 5.69 Å². The van der Waals surface area contributed by atoms with E-state index in [1.165, 1.54) is 4.57 Å². The van der Waals surface area contributed by atoms with Crippen LogP contribution in [0.4, 0.5) is 5.69 Å². The van der Waals surface area contributed by atoms with E-state index in [2.05, 4.69) is 5.32 Å². The average molecular weight is 515 g/mol. The molecule has 5 aromatic rings. The van der Waals surface area contributed by atoms with Crippen LogP contribution in [-0.2, 0) is 24.8 Å². The summed E-state index contributed by atoms with van der Waals surface area (Å²) in [5, 5.41) is 4.14. The molecule has 0 radical (unpaired) electrons. The molecule has 0 bridgehead atoms. The van der Waals surface area contributed by atoms with Gasteiger partial charge in [0.15, 0.2) is 0 Å². The molecule has 0 unspecified atom stereocenters. The van der Waals surface area contributed by atoms with Gasteiger partial charge in [0.1, 0.15) is 12.1 Å². The van der Waals surface area contributed by atoms with Crippen LogP contribution in [0.15, 0.2) is 70.3 Å². The van der Waals surface area contributed by atoms with Gasteiger partial charge in [-0.1, -0.05) is 54.4 Å². The number of amides is 1. The minimum absolute atomic E-state index is 0.263. The van der Waals surface area contributed by atoms with Crippen molar-refractivity contribution in [1.29, 1.82) is 0 Å². The predicted molar refractivity (Wildman–Crippen MR) is 149 cm³/mol. The third-order valence-corrected chi connectivity index (χ3v) is 7.03. The Labute approximate surface area is 218 Å². The Morgan fingerprint density at radius 2 is 1.73 bits per heavy atom. The Morgan fingerprint density at radius 1 is 0.973 bits per heavy atom. The summed E-state index contributed by atoms with van der Waals surface area (Å²) in [6, 6.07) is 18.2. The average Bonchev–Trinajstić information content (AvgIpc) is 3.14. The van der Waals surface area contributed by atoms with Crippen molar-refractivity contribution in [2.45, 2.75) is 33.7 Å². The Hall–Kier alpha value is -4.10. The molecule has 0 fully saturated rings. The quantitative estimate of drug-likeness (QED) is 0.354. The number of halogens is 1. The highest BCUT2D eigenvalue weighted by molar-refractivity contribution is 6.30. The normalized spacial score (nSPS) is 11.4. The number of anilines is 1. The number of aromatic nitrogens is 3. The molecule has 188 valence electrons. The first-order valence-corrected chi connectivity index (χ1v) is 12.5. The summed E-state index contributed by atoms with van der Waals surface area (Å²) in [6.07, 6.45) is 0.754. The van der Waals surface area contributed by atoms with Gasteiger partial charge in [0, 0.05) is 23.1 Å². The number of fused-ring (bicyclic) bond motifs is 3. The largest absolute Gasteiger partial charge is 0.338 e. The Balaban J connectivity index is 1.78. The van der Waals surface area contributed by atoms with E-state index < -0.39 is 11.2 Å². The van der Waals surface area contributed by atoms with E-state index in [1.807, 2.05) is 57.2 Å². The molecule has 8 heteroatoms. The summed E-state index contributed by atoms with van der Waals surface area (Å²) < 4.78 is 4.25.